The summed E-state index contributed by atoms with van der Waals surface area (Å²) in [6, 6.07) is 63.5. The van der Waals surface area contributed by atoms with E-state index in [1.165, 1.54) is 108 Å². The third-order valence-corrected chi connectivity index (χ3v) is 10.7. The minimum atomic E-state index is 1.25. The van der Waals surface area contributed by atoms with Crippen molar-refractivity contribution < 1.29 is 0 Å². The fraction of sp³-hybridized carbons (Fsp3) is 0. The average Bonchev–Trinajstić information content (AvgIpc) is 3.16. The normalized spacial score (nSPS) is 12.2. The van der Waals surface area contributed by atoms with Gasteiger partial charge in [-0.15, -0.1) is 0 Å². The zero-order valence-electron chi connectivity index (χ0n) is 26.2. The van der Waals surface area contributed by atoms with Gasteiger partial charge in [-0.25, -0.2) is 0 Å². The molecule has 0 radical (unpaired) electrons. The highest BCUT2D eigenvalue weighted by Crippen LogP contribution is 2.45. The van der Waals surface area contributed by atoms with Gasteiger partial charge in [-0.2, -0.15) is 0 Å². The van der Waals surface area contributed by atoms with E-state index in [4.69, 9.17) is 0 Å². The van der Waals surface area contributed by atoms with Crippen LogP contribution in [0.5, 0.6) is 0 Å². The molecule has 0 aliphatic carbocycles. The van der Waals surface area contributed by atoms with Gasteiger partial charge in [0.25, 0.3) is 0 Å². The van der Waals surface area contributed by atoms with Crippen LogP contribution in [0.2, 0.25) is 0 Å². The van der Waals surface area contributed by atoms with Crippen molar-refractivity contribution in [1.29, 1.82) is 0 Å². The Morgan fingerprint density at radius 1 is 0.208 bits per heavy atom. The Bertz CT molecular complexity index is 3090. The lowest BCUT2D eigenvalue weighted by molar-refractivity contribution is 1.66. The van der Waals surface area contributed by atoms with Gasteiger partial charge in [-0.1, -0.05) is 158 Å². The molecule has 0 nitrogen and oxygen atoms in total. The van der Waals surface area contributed by atoms with E-state index in [0.29, 0.717) is 0 Å². The third kappa shape index (κ3) is 3.49. The molecule has 0 aromatic heterocycles. The van der Waals surface area contributed by atoms with Crippen LogP contribution < -0.4 is 0 Å². The monoisotopic (exact) mass is 604 g/mol. The summed E-state index contributed by atoms with van der Waals surface area (Å²) in [7, 11) is 0. The van der Waals surface area contributed by atoms with E-state index in [2.05, 4.69) is 170 Å². The molecule has 0 fully saturated rings. The van der Waals surface area contributed by atoms with Gasteiger partial charge in [0.2, 0.25) is 0 Å². The molecule has 0 N–H and O–H groups in total. The largest absolute Gasteiger partial charge is 0.0622 e. The van der Waals surface area contributed by atoms with Crippen molar-refractivity contribution in [3.05, 3.63) is 170 Å². The Labute approximate surface area is 277 Å². The highest BCUT2D eigenvalue weighted by Gasteiger charge is 2.17. The zero-order valence-corrected chi connectivity index (χ0v) is 26.2. The molecule has 0 saturated heterocycles. The lowest BCUT2D eigenvalue weighted by atomic mass is 9.85. The van der Waals surface area contributed by atoms with Gasteiger partial charge in [0, 0.05) is 0 Å². The Hall–Kier alpha value is -6.24. The lowest BCUT2D eigenvalue weighted by Crippen LogP contribution is -1.90. The third-order valence-electron chi connectivity index (χ3n) is 10.7. The minimum absolute atomic E-state index is 1.25. The molecular weight excluding hydrogens is 577 g/mol. The second-order valence-corrected chi connectivity index (χ2v) is 13.2. The van der Waals surface area contributed by atoms with Crippen molar-refractivity contribution in [2.45, 2.75) is 0 Å². The predicted molar refractivity (Wildman–Crippen MR) is 209 cm³/mol. The Kier molecular flexibility index (Phi) is 5.20. The number of hydrogen-bond acceptors (Lipinski definition) is 0. The maximum Gasteiger partial charge on any atom is -0.00199 e. The van der Waals surface area contributed by atoms with Gasteiger partial charge in [0.1, 0.15) is 0 Å². The standard InChI is InChI=1S/C48H28/c1-2-9-29(10-3-1)35-23-19-31-22-26-43-36(24-20-32-21-25-42(35)46(31)47(32)43)34-27-33-18-17-30-11-8-16-41-39-14-6-4-12-37(39)38-13-5-7-15-40(38)44(28-34)48(33)45(30)41/h1-28H. The molecule has 0 heteroatoms. The molecule has 0 heterocycles. The van der Waals surface area contributed by atoms with E-state index in [-0.39, 0.29) is 0 Å². The summed E-state index contributed by atoms with van der Waals surface area (Å²) in [5, 5.41) is 20.8. The Morgan fingerprint density at radius 3 is 1.31 bits per heavy atom. The van der Waals surface area contributed by atoms with Gasteiger partial charge in [-0.3, -0.25) is 0 Å². The summed E-state index contributed by atoms with van der Waals surface area (Å²) in [6.45, 7) is 0. The molecule has 11 rings (SSSR count). The molecule has 0 saturated carbocycles. The molecule has 220 valence electrons. The summed E-state index contributed by atoms with van der Waals surface area (Å²) in [5.41, 5.74) is 5.06. The average molecular weight is 605 g/mol. The molecule has 11 aromatic carbocycles. The second kappa shape index (κ2) is 9.64. The highest BCUT2D eigenvalue weighted by atomic mass is 14.2. The van der Waals surface area contributed by atoms with Crippen LogP contribution in [0.3, 0.4) is 0 Å². The van der Waals surface area contributed by atoms with E-state index in [1.54, 1.807) is 0 Å². The molecule has 0 spiro atoms. The van der Waals surface area contributed by atoms with Crippen LogP contribution in [0.25, 0.3) is 108 Å². The minimum Gasteiger partial charge on any atom is -0.0622 e. The van der Waals surface area contributed by atoms with Crippen LogP contribution in [0.4, 0.5) is 0 Å². The van der Waals surface area contributed by atoms with Crippen molar-refractivity contribution in [1.82, 2.24) is 0 Å². The van der Waals surface area contributed by atoms with E-state index in [0.717, 1.165) is 0 Å². The predicted octanol–water partition coefficient (Wildman–Crippen LogP) is 13.7. The van der Waals surface area contributed by atoms with Gasteiger partial charge < -0.3 is 0 Å². The van der Waals surface area contributed by atoms with E-state index in [9.17, 15) is 0 Å². The molecule has 0 unspecified atom stereocenters. The Morgan fingerprint density at radius 2 is 0.646 bits per heavy atom. The lowest BCUT2D eigenvalue weighted by Gasteiger charge is -2.18. The summed E-state index contributed by atoms with van der Waals surface area (Å²) >= 11 is 0. The number of hydrogen-bond donors (Lipinski definition) is 0. The maximum atomic E-state index is 2.47. The fourth-order valence-corrected chi connectivity index (χ4v) is 8.66. The molecule has 0 amide bonds. The van der Waals surface area contributed by atoms with Crippen molar-refractivity contribution in [3.8, 4) is 22.3 Å². The maximum absolute atomic E-state index is 2.47. The first kappa shape index (κ1) is 25.9. The number of rotatable bonds is 2. The van der Waals surface area contributed by atoms with Crippen LogP contribution in [-0.4, -0.2) is 0 Å². The molecule has 11 aromatic rings. The van der Waals surface area contributed by atoms with Crippen LogP contribution in [0.15, 0.2) is 170 Å². The molecule has 48 heavy (non-hydrogen) atoms. The number of fused-ring (bicyclic) bond motifs is 5. The van der Waals surface area contributed by atoms with Crippen LogP contribution in [0, 0.1) is 0 Å². The molecule has 0 aliphatic rings. The number of benzene rings is 10. The van der Waals surface area contributed by atoms with Gasteiger partial charge in [-0.05, 0) is 121 Å². The molecule has 0 bridgehead atoms. The molecule has 0 atom stereocenters. The summed E-state index contributed by atoms with van der Waals surface area (Å²) in [5.74, 6) is 0. The summed E-state index contributed by atoms with van der Waals surface area (Å²) < 4.78 is 0. The van der Waals surface area contributed by atoms with Crippen LogP contribution in [-0.2, 0) is 0 Å². The quantitative estimate of drug-likeness (QED) is 0.172. The topological polar surface area (TPSA) is 0 Å². The van der Waals surface area contributed by atoms with Crippen molar-refractivity contribution >= 4 is 86.2 Å². The Balaban J connectivity index is 1.30. The van der Waals surface area contributed by atoms with Gasteiger partial charge in [0.05, 0.1) is 0 Å². The van der Waals surface area contributed by atoms with Crippen molar-refractivity contribution in [3.63, 3.8) is 0 Å². The van der Waals surface area contributed by atoms with Crippen molar-refractivity contribution in [2.75, 3.05) is 0 Å². The molecular formula is C48H28. The van der Waals surface area contributed by atoms with E-state index < -0.39 is 0 Å². The first-order chi connectivity index (χ1) is 23.8. The molecule has 0 aliphatic heterocycles. The zero-order chi connectivity index (χ0) is 31.3. The van der Waals surface area contributed by atoms with Crippen molar-refractivity contribution in [2.24, 2.45) is 0 Å². The summed E-state index contributed by atoms with van der Waals surface area (Å²) in [4.78, 5) is 0. The van der Waals surface area contributed by atoms with E-state index in [1.807, 2.05) is 0 Å². The van der Waals surface area contributed by atoms with Gasteiger partial charge >= 0.3 is 0 Å². The van der Waals surface area contributed by atoms with E-state index >= 15 is 0 Å². The van der Waals surface area contributed by atoms with Gasteiger partial charge in [0.15, 0.2) is 0 Å². The second-order valence-electron chi connectivity index (χ2n) is 13.2. The fourth-order valence-electron chi connectivity index (χ4n) is 8.66. The summed E-state index contributed by atoms with van der Waals surface area (Å²) in [6.07, 6.45) is 0. The van der Waals surface area contributed by atoms with Crippen LogP contribution >= 0.6 is 0 Å². The first-order valence-corrected chi connectivity index (χ1v) is 16.8. The smallest absolute Gasteiger partial charge is 0.00199 e. The van der Waals surface area contributed by atoms with Crippen LogP contribution in [0.1, 0.15) is 0 Å². The SMILES string of the molecule is c1ccc(-c2ccc3ccc4c(-c5cc6ccc7cccc8c9ccccc9c9ccccc9c(c5)c6c78)ccc5ccc2c3c54)cc1. The highest BCUT2D eigenvalue weighted by molar-refractivity contribution is 6.34. The first-order valence-electron chi connectivity index (χ1n) is 16.8.